The topological polar surface area (TPSA) is 84.0 Å². The first-order chi connectivity index (χ1) is 13.5. The number of aliphatic imine (C=N–C) groups is 1. The van der Waals surface area contributed by atoms with Gasteiger partial charge in [0.25, 0.3) is 0 Å². The number of hydrogen-bond donors (Lipinski definition) is 3. The summed E-state index contributed by atoms with van der Waals surface area (Å²) in [6, 6.07) is 14.7. The molecule has 28 heavy (non-hydrogen) atoms. The lowest BCUT2D eigenvalue weighted by Gasteiger charge is -2.18. The van der Waals surface area contributed by atoms with Gasteiger partial charge in [-0.3, -0.25) is 10.3 Å². The molecule has 0 spiro atoms. The lowest BCUT2D eigenvalue weighted by Crippen LogP contribution is -2.41. The number of halogens is 1. The van der Waals surface area contributed by atoms with Crippen LogP contribution in [0.3, 0.4) is 0 Å². The van der Waals surface area contributed by atoms with Gasteiger partial charge in [0.2, 0.25) is 0 Å². The lowest BCUT2D eigenvalue weighted by molar-refractivity contribution is 0.187. The second-order valence-electron chi connectivity index (χ2n) is 6.00. The summed E-state index contributed by atoms with van der Waals surface area (Å²) in [6.45, 7) is 3.15. The van der Waals surface area contributed by atoms with E-state index in [-0.39, 0.29) is 6.10 Å². The standard InChI is InChI=1S/C20H25ClN4O3/c1-14(28-18-10-6-16(21)7-11-18)12-23-19(22-2)24-13-15-4-8-17(9-5-15)25-20(26)27-3/h4-11,14H,12-13H2,1-3H3,(H,25,26)(H2,22,23,24). The van der Waals surface area contributed by atoms with Gasteiger partial charge in [0.05, 0.1) is 13.7 Å². The Hall–Kier alpha value is -2.93. The highest BCUT2D eigenvalue weighted by atomic mass is 35.5. The maximum atomic E-state index is 11.2. The summed E-state index contributed by atoms with van der Waals surface area (Å²) in [5, 5.41) is 9.76. The van der Waals surface area contributed by atoms with Crippen LogP contribution in [0.5, 0.6) is 5.75 Å². The molecule has 0 aliphatic heterocycles. The van der Waals surface area contributed by atoms with Crippen LogP contribution in [-0.4, -0.2) is 38.9 Å². The molecule has 7 nitrogen and oxygen atoms in total. The zero-order valence-electron chi connectivity index (χ0n) is 16.2. The number of guanidine groups is 1. The van der Waals surface area contributed by atoms with Crippen LogP contribution >= 0.6 is 11.6 Å². The summed E-state index contributed by atoms with van der Waals surface area (Å²) in [4.78, 5) is 15.4. The van der Waals surface area contributed by atoms with E-state index in [2.05, 4.69) is 25.7 Å². The van der Waals surface area contributed by atoms with Crippen LogP contribution in [0.1, 0.15) is 12.5 Å². The summed E-state index contributed by atoms with van der Waals surface area (Å²) in [7, 11) is 3.04. The van der Waals surface area contributed by atoms with E-state index in [0.717, 1.165) is 11.3 Å². The number of benzene rings is 2. The van der Waals surface area contributed by atoms with Crippen LogP contribution in [-0.2, 0) is 11.3 Å². The lowest BCUT2D eigenvalue weighted by atomic mass is 10.2. The number of hydrogen-bond acceptors (Lipinski definition) is 4. The zero-order chi connectivity index (χ0) is 20.4. The Kier molecular flexibility index (Phi) is 8.42. The van der Waals surface area contributed by atoms with Crippen molar-refractivity contribution >= 4 is 29.3 Å². The summed E-state index contributed by atoms with van der Waals surface area (Å²) in [6.07, 6.45) is -0.547. The van der Waals surface area contributed by atoms with Gasteiger partial charge < -0.3 is 20.1 Å². The fourth-order valence-electron chi connectivity index (χ4n) is 2.31. The predicted molar refractivity (Wildman–Crippen MR) is 112 cm³/mol. The number of nitrogens with zero attached hydrogens (tertiary/aromatic N) is 1. The molecule has 1 atom stereocenters. The molecule has 0 saturated carbocycles. The summed E-state index contributed by atoms with van der Waals surface area (Å²) >= 11 is 5.88. The van der Waals surface area contributed by atoms with Gasteiger partial charge in [-0.25, -0.2) is 4.79 Å². The second-order valence-corrected chi connectivity index (χ2v) is 6.44. The molecule has 0 radical (unpaired) electrons. The molecule has 1 amide bonds. The van der Waals surface area contributed by atoms with E-state index < -0.39 is 6.09 Å². The van der Waals surface area contributed by atoms with Crippen molar-refractivity contribution in [3.8, 4) is 5.75 Å². The van der Waals surface area contributed by atoms with Gasteiger partial charge in [-0.15, -0.1) is 0 Å². The minimum Gasteiger partial charge on any atom is -0.489 e. The summed E-state index contributed by atoms with van der Waals surface area (Å²) < 4.78 is 10.4. The number of carbonyl (C=O) groups excluding carboxylic acids is 1. The third kappa shape index (κ3) is 7.36. The van der Waals surface area contributed by atoms with E-state index in [1.54, 1.807) is 19.2 Å². The summed E-state index contributed by atoms with van der Waals surface area (Å²) in [5.74, 6) is 1.44. The van der Waals surface area contributed by atoms with Crippen molar-refractivity contribution in [3.05, 3.63) is 59.1 Å². The number of carbonyl (C=O) groups is 1. The molecule has 0 fully saturated rings. The van der Waals surface area contributed by atoms with Crippen molar-refractivity contribution in [1.29, 1.82) is 0 Å². The number of methoxy groups -OCH3 is 1. The summed E-state index contributed by atoms with van der Waals surface area (Å²) in [5.41, 5.74) is 1.72. The van der Waals surface area contributed by atoms with Gasteiger partial charge in [0.15, 0.2) is 5.96 Å². The van der Waals surface area contributed by atoms with Gasteiger partial charge in [-0.1, -0.05) is 23.7 Å². The Morgan fingerprint density at radius 3 is 2.39 bits per heavy atom. The number of nitrogens with one attached hydrogen (secondary N) is 3. The molecule has 1 unspecified atom stereocenters. The number of anilines is 1. The van der Waals surface area contributed by atoms with E-state index in [4.69, 9.17) is 16.3 Å². The van der Waals surface area contributed by atoms with Crippen molar-refractivity contribution in [3.63, 3.8) is 0 Å². The first-order valence-corrected chi connectivity index (χ1v) is 9.18. The third-order valence-electron chi connectivity index (χ3n) is 3.78. The molecular weight excluding hydrogens is 380 g/mol. The normalized spacial score (nSPS) is 12.1. The van der Waals surface area contributed by atoms with Crippen molar-refractivity contribution in [2.75, 3.05) is 26.0 Å². The van der Waals surface area contributed by atoms with E-state index in [1.807, 2.05) is 43.3 Å². The molecule has 2 rings (SSSR count). The number of ether oxygens (including phenoxy) is 2. The van der Waals surface area contributed by atoms with Crippen LogP contribution in [0.15, 0.2) is 53.5 Å². The van der Waals surface area contributed by atoms with Gasteiger partial charge in [0, 0.05) is 24.3 Å². The second kappa shape index (κ2) is 11.0. The van der Waals surface area contributed by atoms with Crippen molar-refractivity contribution in [2.24, 2.45) is 4.99 Å². The van der Waals surface area contributed by atoms with Crippen LogP contribution in [0.4, 0.5) is 10.5 Å². The Balaban J connectivity index is 1.76. The van der Waals surface area contributed by atoms with Crippen LogP contribution in [0, 0.1) is 0 Å². The van der Waals surface area contributed by atoms with Gasteiger partial charge in [-0.05, 0) is 48.9 Å². The van der Waals surface area contributed by atoms with E-state index in [1.165, 1.54) is 7.11 Å². The predicted octanol–water partition coefficient (Wildman–Crippen LogP) is 3.65. The monoisotopic (exact) mass is 404 g/mol. The molecule has 0 bridgehead atoms. The Morgan fingerprint density at radius 2 is 1.79 bits per heavy atom. The van der Waals surface area contributed by atoms with E-state index in [0.29, 0.717) is 29.8 Å². The molecular formula is C20H25ClN4O3. The first-order valence-electron chi connectivity index (χ1n) is 8.81. The molecule has 3 N–H and O–H groups in total. The molecule has 8 heteroatoms. The molecule has 0 aromatic heterocycles. The Labute approximate surface area is 170 Å². The van der Waals surface area contributed by atoms with Crippen molar-refractivity contribution < 1.29 is 14.3 Å². The van der Waals surface area contributed by atoms with E-state index in [9.17, 15) is 4.79 Å². The number of rotatable bonds is 7. The fourth-order valence-corrected chi connectivity index (χ4v) is 2.43. The van der Waals surface area contributed by atoms with Gasteiger partial charge in [0.1, 0.15) is 11.9 Å². The Bertz CT molecular complexity index is 779. The smallest absolute Gasteiger partial charge is 0.411 e. The van der Waals surface area contributed by atoms with Crippen molar-refractivity contribution in [1.82, 2.24) is 10.6 Å². The maximum Gasteiger partial charge on any atom is 0.411 e. The molecule has 0 saturated heterocycles. The van der Waals surface area contributed by atoms with Gasteiger partial charge >= 0.3 is 6.09 Å². The maximum absolute atomic E-state index is 11.2. The molecule has 2 aromatic rings. The molecule has 0 aliphatic rings. The highest BCUT2D eigenvalue weighted by molar-refractivity contribution is 6.30. The molecule has 150 valence electrons. The quantitative estimate of drug-likeness (QED) is 0.484. The molecule has 2 aromatic carbocycles. The molecule has 0 aliphatic carbocycles. The molecule has 0 heterocycles. The third-order valence-corrected chi connectivity index (χ3v) is 4.03. The average Bonchev–Trinajstić information content (AvgIpc) is 2.71. The van der Waals surface area contributed by atoms with Crippen molar-refractivity contribution in [2.45, 2.75) is 19.6 Å². The van der Waals surface area contributed by atoms with E-state index >= 15 is 0 Å². The van der Waals surface area contributed by atoms with Crippen LogP contribution < -0.4 is 20.7 Å². The van der Waals surface area contributed by atoms with Gasteiger partial charge in [-0.2, -0.15) is 0 Å². The minimum absolute atomic E-state index is 0.0524. The largest absolute Gasteiger partial charge is 0.489 e. The van der Waals surface area contributed by atoms with Crippen LogP contribution in [0.2, 0.25) is 5.02 Å². The number of amides is 1. The highest BCUT2D eigenvalue weighted by Gasteiger charge is 2.06. The average molecular weight is 405 g/mol. The fraction of sp³-hybridized carbons (Fsp3) is 0.300. The first kappa shape index (κ1) is 21.4. The van der Waals surface area contributed by atoms with Crippen LogP contribution in [0.25, 0.3) is 0 Å². The zero-order valence-corrected chi connectivity index (χ0v) is 16.9. The highest BCUT2D eigenvalue weighted by Crippen LogP contribution is 2.16. The Morgan fingerprint density at radius 1 is 1.11 bits per heavy atom. The SMILES string of the molecule is CN=C(NCc1ccc(NC(=O)OC)cc1)NCC(C)Oc1ccc(Cl)cc1. The minimum atomic E-state index is -0.495.